The maximum atomic E-state index is 6.11. The Morgan fingerprint density at radius 1 is 0.824 bits per heavy atom. The van der Waals surface area contributed by atoms with Crippen molar-refractivity contribution >= 4 is 28.2 Å². The van der Waals surface area contributed by atoms with E-state index in [2.05, 4.69) is 69.8 Å². The number of hydrogen-bond acceptors (Lipinski definition) is 4. The lowest BCUT2D eigenvalue weighted by Crippen LogP contribution is -2.28. The molecule has 4 rings (SSSR count). The summed E-state index contributed by atoms with van der Waals surface area (Å²) in [6.07, 6.45) is 4.04. The quantitative estimate of drug-likeness (QED) is 0.217. The number of anilines is 1. The summed E-state index contributed by atoms with van der Waals surface area (Å²) in [5, 5.41) is 5.39. The van der Waals surface area contributed by atoms with Gasteiger partial charge in [0.05, 0.1) is 18.7 Å². The maximum Gasteiger partial charge on any atom is 0.0737 e. The van der Waals surface area contributed by atoms with Gasteiger partial charge >= 0.3 is 0 Å². The zero-order chi connectivity index (χ0) is 23.4. The van der Waals surface area contributed by atoms with E-state index in [1.807, 2.05) is 36.5 Å². The highest BCUT2D eigenvalue weighted by molar-refractivity contribution is 6.31. The largest absolute Gasteiger partial charge is 0.384 e. The summed E-state index contributed by atoms with van der Waals surface area (Å²) in [5.41, 5.74) is 4.58. The minimum absolute atomic E-state index is 0.662. The second kappa shape index (κ2) is 13.1. The van der Waals surface area contributed by atoms with Crippen LogP contribution in [-0.4, -0.2) is 36.1 Å². The molecule has 0 fully saturated rings. The smallest absolute Gasteiger partial charge is 0.0737 e. The number of aromatic nitrogens is 1. The highest BCUT2D eigenvalue weighted by atomic mass is 35.5. The van der Waals surface area contributed by atoms with Crippen LogP contribution in [0.15, 0.2) is 91.1 Å². The number of pyridine rings is 1. The van der Waals surface area contributed by atoms with Gasteiger partial charge in [0.25, 0.3) is 0 Å². The molecular formula is C29H32ClN3O. The summed E-state index contributed by atoms with van der Waals surface area (Å²) >= 11 is 6.11. The lowest BCUT2D eigenvalue weighted by atomic mass is 10.2. The maximum absolute atomic E-state index is 6.11. The van der Waals surface area contributed by atoms with E-state index in [0.29, 0.717) is 11.6 Å². The van der Waals surface area contributed by atoms with Crippen LogP contribution in [-0.2, 0) is 17.9 Å². The van der Waals surface area contributed by atoms with Gasteiger partial charge in [0.1, 0.15) is 0 Å². The molecule has 34 heavy (non-hydrogen) atoms. The summed E-state index contributed by atoms with van der Waals surface area (Å²) in [7, 11) is 0. The third kappa shape index (κ3) is 7.56. The van der Waals surface area contributed by atoms with Gasteiger partial charge in [-0.1, -0.05) is 72.3 Å². The highest BCUT2D eigenvalue weighted by Crippen LogP contribution is 2.24. The minimum atomic E-state index is 0.662. The van der Waals surface area contributed by atoms with Crippen LogP contribution in [0.3, 0.4) is 0 Å². The van der Waals surface area contributed by atoms with Crippen LogP contribution < -0.4 is 5.32 Å². The van der Waals surface area contributed by atoms with Gasteiger partial charge in [-0.3, -0.25) is 9.88 Å². The Labute approximate surface area is 207 Å². The van der Waals surface area contributed by atoms with E-state index < -0.39 is 0 Å². The van der Waals surface area contributed by atoms with Gasteiger partial charge in [0.15, 0.2) is 0 Å². The van der Waals surface area contributed by atoms with Gasteiger partial charge in [-0.25, -0.2) is 0 Å². The van der Waals surface area contributed by atoms with Crippen molar-refractivity contribution in [2.45, 2.75) is 26.0 Å². The molecule has 5 heteroatoms. The summed E-state index contributed by atoms with van der Waals surface area (Å²) in [6.45, 7) is 5.22. The predicted octanol–water partition coefficient (Wildman–Crippen LogP) is 6.80. The molecule has 0 aliphatic carbocycles. The lowest BCUT2D eigenvalue weighted by molar-refractivity contribution is 0.0897. The Balaban J connectivity index is 1.24. The van der Waals surface area contributed by atoms with Crippen molar-refractivity contribution in [2.75, 3.05) is 31.6 Å². The van der Waals surface area contributed by atoms with Crippen LogP contribution >= 0.6 is 11.6 Å². The molecule has 176 valence electrons. The fraction of sp³-hybridized carbons (Fsp3) is 0.276. The molecule has 0 aliphatic rings. The van der Waals surface area contributed by atoms with Gasteiger partial charge in [-0.05, 0) is 54.8 Å². The van der Waals surface area contributed by atoms with Crippen molar-refractivity contribution in [3.8, 4) is 0 Å². The zero-order valence-electron chi connectivity index (χ0n) is 19.5. The van der Waals surface area contributed by atoms with Crippen molar-refractivity contribution in [3.63, 3.8) is 0 Å². The first-order valence-corrected chi connectivity index (χ1v) is 12.3. The first kappa shape index (κ1) is 24.2. The second-order valence-corrected chi connectivity index (χ2v) is 8.89. The Morgan fingerprint density at radius 3 is 2.38 bits per heavy atom. The average molecular weight is 474 g/mol. The number of ether oxygens (including phenoxy) is 1. The number of nitrogens with one attached hydrogen (secondary N) is 1. The zero-order valence-corrected chi connectivity index (χ0v) is 20.3. The normalized spacial score (nSPS) is 11.2. The fourth-order valence-corrected chi connectivity index (χ4v) is 4.19. The molecule has 1 aromatic heterocycles. The summed E-state index contributed by atoms with van der Waals surface area (Å²) < 4.78 is 5.95. The van der Waals surface area contributed by atoms with Crippen LogP contribution in [0.2, 0.25) is 5.02 Å². The number of rotatable bonds is 13. The van der Waals surface area contributed by atoms with Crippen LogP contribution in [0, 0.1) is 0 Å². The van der Waals surface area contributed by atoms with Crippen molar-refractivity contribution in [1.82, 2.24) is 9.88 Å². The number of halogens is 1. The summed E-state index contributed by atoms with van der Waals surface area (Å²) in [5.74, 6) is 0. The molecule has 0 saturated heterocycles. The summed E-state index contributed by atoms with van der Waals surface area (Å²) in [4.78, 5) is 6.91. The summed E-state index contributed by atoms with van der Waals surface area (Å²) in [6, 6.07) is 28.9. The first-order valence-electron chi connectivity index (χ1n) is 11.9. The Hall–Kier alpha value is -2.92. The molecule has 4 nitrogen and oxygen atoms in total. The minimum Gasteiger partial charge on any atom is -0.384 e. The van der Waals surface area contributed by atoms with Crippen molar-refractivity contribution in [1.29, 1.82) is 0 Å². The van der Waals surface area contributed by atoms with Crippen molar-refractivity contribution in [3.05, 3.63) is 107 Å². The highest BCUT2D eigenvalue weighted by Gasteiger charge is 2.07. The van der Waals surface area contributed by atoms with Crippen LogP contribution in [0.1, 0.15) is 24.0 Å². The van der Waals surface area contributed by atoms with Crippen molar-refractivity contribution in [2.24, 2.45) is 0 Å². The van der Waals surface area contributed by atoms with E-state index in [1.54, 1.807) is 0 Å². The third-order valence-electron chi connectivity index (χ3n) is 5.83. The van der Waals surface area contributed by atoms with Gasteiger partial charge in [0, 0.05) is 41.9 Å². The topological polar surface area (TPSA) is 37.4 Å². The number of unbranched alkanes of at least 4 members (excludes halogenated alkanes) is 1. The number of nitrogens with zero attached hydrogens (tertiary/aromatic N) is 2. The van der Waals surface area contributed by atoms with Crippen LogP contribution in [0.4, 0.5) is 5.69 Å². The standard InChI is InChI=1S/C29H32ClN3O/c30-26-13-14-27-28(15-17-32-29(27)21-26)31-16-7-8-18-33(22-24-9-3-1-4-10-24)19-20-34-23-25-11-5-2-6-12-25/h1-6,9-15,17,21H,7-8,16,18-20,22-23H2,(H,31,32). The molecule has 0 aliphatic heterocycles. The lowest BCUT2D eigenvalue weighted by Gasteiger charge is -2.22. The molecule has 0 atom stereocenters. The van der Waals surface area contributed by atoms with Gasteiger partial charge in [-0.15, -0.1) is 0 Å². The first-order chi connectivity index (χ1) is 16.8. The van der Waals surface area contributed by atoms with Gasteiger partial charge in [0.2, 0.25) is 0 Å². The number of fused-ring (bicyclic) bond motifs is 1. The van der Waals surface area contributed by atoms with E-state index in [9.17, 15) is 0 Å². The van der Waals surface area contributed by atoms with E-state index in [4.69, 9.17) is 16.3 Å². The Bertz CT molecular complexity index is 1140. The SMILES string of the molecule is Clc1ccc2c(NCCCCN(CCOCc3ccccc3)Cc3ccccc3)ccnc2c1. The molecule has 0 radical (unpaired) electrons. The average Bonchev–Trinajstić information content (AvgIpc) is 2.87. The van der Waals surface area contributed by atoms with Gasteiger partial charge in [-0.2, -0.15) is 0 Å². The molecule has 3 aromatic carbocycles. The molecule has 1 heterocycles. The number of benzene rings is 3. The monoisotopic (exact) mass is 473 g/mol. The fourth-order valence-electron chi connectivity index (χ4n) is 4.03. The van der Waals surface area contributed by atoms with Gasteiger partial charge < -0.3 is 10.1 Å². The molecule has 0 spiro atoms. The molecular weight excluding hydrogens is 442 g/mol. The predicted molar refractivity (Wildman–Crippen MR) is 142 cm³/mol. The van der Waals surface area contributed by atoms with Crippen LogP contribution in [0.25, 0.3) is 10.9 Å². The van der Waals surface area contributed by atoms with E-state index >= 15 is 0 Å². The molecule has 0 unspecified atom stereocenters. The molecule has 4 aromatic rings. The molecule has 0 saturated carbocycles. The van der Waals surface area contributed by atoms with E-state index in [0.717, 1.165) is 62.2 Å². The molecule has 0 bridgehead atoms. The van der Waals surface area contributed by atoms with E-state index in [1.165, 1.54) is 11.1 Å². The molecule has 0 amide bonds. The second-order valence-electron chi connectivity index (χ2n) is 8.45. The third-order valence-corrected chi connectivity index (χ3v) is 6.07. The Kier molecular flexibility index (Phi) is 9.32. The van der Waals surface area contributed by atoms with E-state index in [-0.39, 0.29) is 0 Å². The van der Waals surface area contributed by atoms with Crippen LogP contribution in [0.5, 0.6) is 0 Å². The number of hydrogen-bond donors (Lipinski definition) is 1. The molecule has 1 N–H and O–H groups in total. The Morgan fingerprint density at radius 2 is 1.59 bits per heavy atom. The van der Waals surface area contributed by atoms with Crippen molar-refractivity contribution < 1.29 is 4.74 Å².